The molecule has 3 N–H and O–H groups in total. The highest BCUT2D eigenvalue weighted by atomic mass is 16.4. The third-order valence-corrected chi connectivity index (χ3v) is 2.53. The van der Waals surface area contributed by atoms with Gasteiger partial charge in [-0.1, -0.05) is 0 Å². The van der Waals surface area contributed by atoms with E-state index in [1.54, 1.807) is 0 Å². The number of aromatic hydroxyl groups is 1. The molecule has 2 rings (SSSR count). The zero-order valence-electron chi connectivity index (χ0n) is 9.17. The number of carbonyl (C=O) groups is 1. The molecule has 0 unspecified atom stereocenters. The maximum atomic E-state index is 11.2. The minimum atomic E-state index is -1.11. The molecule has 2 aromatic rings. The van der Waals surface area contributed by atoms with E-state index in [1.165, 1.54) is 25.1 Å². The summed E-state index contributed by atoms with van der Waals surface area (Å²) in [6, 6.07) is 4.34. The van der Waals surface area contributed by atoms with Crippen LogP contribution in [0.1, 0.15) is 29.1 Å². The van der Waals surface area contributed by atoms with Crippen molar-refractivity contribution in [1.29, 1.82) is 0 Å². The van der Waals surface area contributed by atoms with Crippen LogP contribution < -0.4 is 0 Å². The molecule has 0 bridgehead atoms. The van der Waals surface area contributed by atoms with Gasteiger partial charge in [-0.2, -0.15) is 0 Å². The molecule has 0 saturated heterocycles. The van der Waals surface area contributed by atoms with Gasteiger partial charge in [0.1, 0.15) is 23.2 Å². The Hall–Kier alpha value is -1.85. The number of phenolic OH excluding ortho intramolecular Hbond substituents is 1. The Balaban J connectivity index is 2.58. The Labute approximate surface area is 96.9 Å². The van der Waals surface area contributed by atoms with Gasteiger partial charge in [-0.05, 0) is 19.1 Å². The summed E-state index contributed by atoms with van der Waals surface area (Å²) in [5, 5.41) is 28.4. The van der Waals surface area contributed by atoms with Crippen LogP contribution in [-0.2, 0) is 0 Å². The van der Waals surface area contributed by atoms with Gasteiger partial charge in [0.15, 0.2) is 5.78 Å². The molecule has 1 aromatic carbocycles. The third-order valence-electron chi connectivity index (χ3n) is 2.53. The molecular formula is C12H12O5. The Morgan fingerprint density at radius 2 is 2.12 bits per heavy atom. The third kappa shape index (κ3) is 2.02. The molecule has 1 aromatic heterocycles. The molecule has 1 heterocycles. The number of ketones is 1. The summed E-state index contributed by atoms with van der Waals surface area (Å²) in [4.78, 5) is 11.2. The van der Waals surface area contributed by atoms with Gasteiger partial charge < -0.3 is 19.7 Å². The van der Waals surface area contributed by atoms with Gasteiger partial charge in [-0.3, -0.25) is 4.79 Å². The van der Waals surface area contributed by atoms with Crippen molar-refractivity contribution >= 4 is 16.8 Å². The Kier molecular flexibility index (Phi) is 2.87. The van der Waals surface area contributed by atoms with Gasteiger partial charge in [0.2, 0.25) is 0 Å². The first-order chi connectivity index (χ1) is 8.02. The van der Waals surface area contributed by atoms with E-state index < -0.39 is 12.7 Å². The molecule has 0 aliphatic heterocycles. The first-order valence-corrected chi connectivity index (χ1v) is 5.09. The van der Waals surface area contributed by atoms with Crippen molar-refractivity contribution in [1.82, 2.24) is 0 Å². The van der Waals surface area contributed by atoms with Crippen LogP contribution in [0.15, 0.2) is 22.6 Å². The van der Waals surface area contributed by atoms with E-state index in [2.05, 4.69) is 0 Å². The van der Waals surface area contributed by atoms with Gasteiger partial charge in [0.25, 0.3) is 0 Å². The van der Waals surface area contributed by atoms with Gasteiger partial charge >= 0.3 is 0 Å². The molecule has 17 heavy (non-hydrogen) atoms. The van der Waals surface area contributed by atoms with E-state index in [4.69, 9.17) is 9.52 Å². The molecular weight excluding hydrogens is 224 g/mol. The quantitative estimate of drug-likeness (QED) is 0.700. The zero-order chi connectivity index (χ0) is 12.6. The van der Waals surface area contributed by atoms with E-state index in [-0.39, 0.29) is 22.9 Å². The van der Waals surface area contributed by atoms with Crippen molar-refractivity contribution in [3.8, 4) is 5.75 Å². The van der Waals surface area contributed by atoms with Crippen molar-refractivity contribution < 1.29 is 24.5 Å². The van der Waals surface area contributed by atoms with Crippen LogP contribution in [-0.4, -0.2) is 27.7 Å². The predicted molar refractivity (Wildman–Crippen MR) is 59.9 cm³/mol. The fraction of sp³-hybridized carbons (Fsp3) is 0.250. The van der Waals surface area contributed by atoms with Crippen molar-refractivity contribution in [2.24, 2.45) is 0 Å². The Bertz CT molecular complexity index is 570. The lowest BCUT2D eigenvalue weighted by Gasteiger charge is -2.00. The topological polar surface area (TPSA) is 90.9 Å². The molecule has 0 aliphatic carbocycles. The number of phenols is 1. The predicted octanol–water partition coefficient (Wildman–Crippen LogP) is 1.37. The first kappa shape index (κ1) is 11.6. The number of aliphatic hydroxyl groups excluding tert-OH is 2. The molecule has 90 valence electrons. The monoisotopic (exact) mass is 236 g/mol. The summed E-state index contributed by atoms with van der Waals surface area (Å²) in [5.74, 6) is -0.221. The normalized spacial score (nSPS) is 12.9. The second kappa shape index (κ2) is 4.20. The fourth-order valence-corrected chi connectivity index (χ4v) is 1.63. The van der Waals surface area contributed by atoms with Crippen LogP contribution in [0.2, 0.25) is 0 Å². The van der Waals surface area contributed by atoms with E-state index in [1.807, 2.05) is 0 Å². The number of benzene rings is 1. The standard InChI is InChI=1S/C12H12O5/c1-6(14)8-2-7-3-12(10(16)5-13)17-11(7)4-9(8)15/h2-4,10,13,15-16H,5H2,1H3/t10-/m0/s1. The van der Waals surface area contributed by atoms with E-state index in [0.717, 1.165) is 0 Å². The minimum absolute atomic E-state index is 0.163. The highest BCUT2D eigenvalue weighted by Crippen LogP contribution is 2.29. The second-order valence-electron chi connectivity index (χ2n) is 3.81. The number of hydrogen-bond donors (Lipinski definition) is 3. The molecule has 1 atom stereocenters. The van der Waals surface area contributed by atoms with E-state index >= 15 is 0 Å². The number of carbonyl (C=O) groups excluding carboxylic acids is 1. The van der Waals surface area contributed by atoms with Crippen molar-refractivity contribution in [3.05, 3.63) is 29.5 Å². The van der Waals surface area contributed by atoms with Crippen LogP contribution in [0.5, 0.6) is 5.75 Å². The zero-order valence-corrected chi connectivity index (χ0v) is 9.17. The smallest absolute Gasteiger partial charge is 0.163 e. The molecule has 5 nitrogen and oxygen atoms in total. The van der Waals surface area contributed by atoms with Crippen molar-refractivity contribution in [3.63, 3.8) is 0 Å². The molecule has 0 amide bonds. The maximum absolute atomic E-state index is 11.2. The lowest BCUT2D eigenvalue weighted by atomic mass is 10.1. The van der Waals surface area contributed by atoms with Crippen LogP contribution in [0.4, 0.5) is 0 Å². The van der Waals surface area contributed by atoms with Crippen LogP contribution >= 0.6 is 0 Å². The lowest BCUT2D eigenvalue weighted by Crippen LogP contribution is -1.99. The van der Waals surface area contributed by atoms with Gasteiger partial charge in [-0.15, -0.1) is 0 Å². The van der Waals surface area contributed by atoms with Crippen molar-refractivity contribution in [2.75, 3.05) is 6.61 Å². The highest BCUT2D eigenvalue weighted by Gasteiger charge is 2.15. The summed E-state index contributed by atoms with van der Waals surface area (Å²) < 4.78 is 5.25. The van der Waals surface area contributed by atoms with Crippen LogP contribution in [0, 0.1) is 0 Å². The highest BCUT2D eigenvalue weighted by molar-refractivity contribution is 6.00. The van der Waals surface area contributed by atoms with E-state index in [9.17, 15) is 15.0 Å². The number of fused-ring (bicyclic) bond motifs is 1. The Morgan fingerprint density at radius 1 is 1.41 bits per heavy atom. The molecule has 0 spiro atoms. The second-order valence-corrected chi connectivity index (χ2v) is 3.81. The number of aliphatic hydroxyl groups is 2. The molecule has 0 aliphatic rings. The number of rotatable bonds is 3. The lowest BCUT2D eigenvalue weighted by molar-refractivity contribution is 0.0789. The summed E-state index contributed by atoms with van der Waals surface area (Å²) in [7, 11) is 0. The average Bonchev–Trinajstić information content (AvgIpc) is 2.69. The van der Waals surface area contributed by atoms with E-state index in [0.29, 0.717) is 11.0 Å². The number of Topliss-reactive ketones (excluding diaryl/α,β-unsaturated/α-hetero) is 1. The van der Waals surface area contributed by atoms with Gasteiger partial charge in [0.05, 0.1) is 12.2 Å². The maximum Gasteiger partial charge on any atom is 0.163 e. The molecule has 0 saturated carbocycles. The fourth-order valence-electron chi connectivity index (χ4n) is 1.63. The number of hydrogen-bond acceptors (Lipinski definition) is 5. The van der Waals surface area contributed by atoms with Crippen LogP contribution in [0.3, 0.4) is 0 Å². The van der Waals surface area contributed by atoms with Gasteiger partial charge in [0, 0.05) is 11.5 Å². The molecule has 0 fully saturated rings. The summed E-state index contributed by atoms with van der Waals surface area (Å²) in [5.41, 5.74) is 0.554. The molecule has 0 radical (unpaired) electrons. The largest absolute Gasteiger partial charge is 0.507 e. The summed E-state index contributed by atoms with van der Waals surface area (Å²) in [6.45, 7) is 0.899. The Morgan fingerprint density at radius 3 is 2.71 bits per heavy atom. The summed E-state index contributed by atoms with van der Waals surface area (Å²) >= 11 is 0. The average molecular weight is 236 g/mol. The SMILES string of the molecule is CC(=O)c1cc2cc([C@@H](O)CO)oc2cc1O. The van der Waals surface area contributed by atoms with Gasteiger partial charge in [-0.25, -0.2) is 0 Å². The number of furan rings is 1. The summed E-state index contributed by atoms with van der Waals surface area (Å²) in [6.07, 6.45) is -1.11. The van der Waals surface area contributed by atoms with Crippen molar-refractivity contribution in [2.45, 2.75) is 13.0 Å². The van der Waals surface area contributed by atoms with Crippen LogP contribution in [0.25, 0.3) is 11.0 Å². The minimum Gasteiger partial charge on any atom is -0.507 e. The first-order valence-electron chi connectivity index (χ1n) is 5.09. The molecule has 5 heteroatoms.